The number of hydrogen-bond acceptors (Lipinski definition) is 5. The quantitative estimate of drug-likeness (QED) is 0.322. The topological polar surface area (TPSA) is 73.0 Å². The summed E-state index contributed by atoms with van der Waals surface area (Å²) in [6, 6.07) is 8.83. The Morgan fingerprint density at radius 2 is 1.39 bits per heavy atom. The number of hydrazine groups is 1. The molecule has 7 fully saturated rings. The van der Waals surface area contributed by atoms with E-state index in [9.17, 15) is 8.42 Å². The zero-order chi connectivity index (χ0) is 39.1. The Labute approximate surface area is 335 Å². The molecule has 5 aliphatic heterocycles. The number of rotatable bonds is 5. The van der Waals surface area contributed by atoms with Gasteiger partial charge >= 0.3 is 6.18 Å². The lowest BCUT2D eigenvalue weighted by Crippen LogP contribution is -2.66. The van der Waals surface area contributed by atoms with Crippen molar-refractivity contribution in [1.82, 2.24) is 19.6 Å². The van der Waals surface area contributed by atoms with Crippen LogP contribution >= 0.6 is 0 Å². The van der Waals surface area contributed by atoms with Crippen LogP contribution in [-0.4, -0.2) is 79.0 Å². The molecule has 1 N–H and O–H groups in total. The third kappa shape index (κ3) is 7.99. The Morgan fingerprint density at radius 1 is 0.768 bits per heavy atom. The maximum atomic E-state index is 16.6. The van der Waals surface area contributed by atoms with Crippen molar-refractivity contribution in [3.8, 4) is 0 Å². The maximum absolute atomic E-state index is 16.6. The van der Waals surface area contributed by atoms with E-state index in [2.05, 4.69) is 12.3 Å². The first-order valence-corrected chi connectivity index (χ1v) is 24.4. The second kappa shape index (κ2) is 16.8. The number of sulfonamides is 1. The minimum Gasteiger partial charge on any atom is -0.342 e. The first kappa shape index (κ1) is 41.1. The fourth-order valence-electron chi connectivity index (χ4n) is 13.7. The Kier molecular flexibility index (Phi) is 12.3. The van der Waals surface area contributed by atoms with Crippen LogP contribution in [0.15, 0.2) is 30.3 Å². The van der Waals surface area contributed by atoms with Gasteiger partial charge in [-0.05, 0) is 104 Å². The molecule has 5 saturated heterocycles. The highest BCUT2D eigenvalue weighted by Crippen LogP contribution is 2.60. The normalized spacial score (nSPS) is 38.6. The van der Waals surface area contributed by atoms with Crippen molar-refractivity contribution in [2.45, 2.75) is 159 Å². The van der Waals surface area contributed by atoms with E-state index in [0.29, 0.717) is 69.7 Å². The molecule has 1 aromatic rings. The van der Waals surface area contributed by atoms with Gasteiger partial charge < -0.3 is 4.90 Å². The highest BCUT2D eigenvalue weighted by molar-refractivity contribution is 7.88. The second-order valence-electron chi connectivity index (χ2n) is 19.8. The van der Waals surface area contributed by atoms with Crippen LogP contribution in [0.4, 0.5) is 13.2 Å². The SMILES string of the molecule is CC1CCN(C(=O)C2C3CC(C4CCN(S(=O)(=O)Cc5ccccc5)CC4)C45CCCCCC(CCC4)C4CCCCC(CCC4)C2(C(F)(F)F)NN3C5)CC1. The molecule has 2 aliphatic carbocycles. The molecule has 56 heavy (non-hydrogen) atoms. The highest BCUT2D eigenvalue weighted by atomic mass is 32.2. The van der Waals surface area contributed by atoms with Crippen LogP contribution in [0.2, 0.25) is 0 Å². The van der Waals surface area contributed by atoms with Crippen molar-refractivity contribution in [2.24, 2.45) is 46.8 Å². The fourth-order valence-corrected chi connectivity index (χ4v) is 15.2. The summed E-state index contributed by atoms with van der Waals surface area (Å²) in [6.07, 6.45) is 13.8. The van der Waals surface area contributed by atoms with Crippen LogP contribution in [0, 0.1) is 46.8 Å². The van der Waals surface area contributed by atoms with Crippen molar-refractivity contribution in [3.05, 3.63) is 35.9 Å². The van der Waals surface area contributed by atoms with E-state index in [-0.39, 0.29) is 28.9 Å². The van der Waals surface area contributed by atoms with Crippen LogP contribution in [0.25, 0.3) is 0 Å². The molecule has 0 aromatic heterocycles. The average molecular weight is 803 g/mol. The largest absolute Gasteiger partial charge is 0.408 e. The number of fused-ring (bicyclic) bond motifs is 10. The first-order chi connectivity index (χ1) is 26.9. The van der Waals surface area contributed by atoms with Gasteiger partial charge in [-0.1, -0.05) is 108 Å². The van der Waals surface area contributed by atoms with E-state index in [1.807, 2.05) is 40.2 Å². The minimum absolute atomic E-state index is 0.0174. The average Bonchev–Trinajstić information content (AvgIpc) is 3.57. The van der Waals surface area contributed by atoms with Gasteiger partial charge in [0, 0.05) is 38.8 Å². The molecule has 1 amide bonds. The zero-order valence-corrected chi connectivity index (χ0v) is 34.8. The molecular weight excluding hydrogens is 734 g/mol. The van der Waals surface area contributed by atoms with Crippen molar-refractivity contribution < 1.29 is 26.4 Å². The molecule has 9 atom stereocenters. The summed E-state index contributed by atoms with van der Waals surface area (Å²) < 4.78 is 78.7. The van der Waals surface area contributed by atoms with E-state index in [1.165, 1.54) is 19.3 Å². The van der Waals surface area contributed by atoms with Gasteiger partial charge in [0.15, 0.2) is 0 Å². The van der Waals surface area contributed by atoms with Crippen LogP contribution < -0.4 is 5.43 Å². The summed E-state index contributed by atoms with van der Waals surface area (Å²) in [5.74, 6) is -0.0832. The van der Waals surface area contributed by atoms with E-state index in [0.717, 1.165) is 95.5 Å². The molecule has 1 aromatic carbocycles. The molecule has 11 heteroatoms. The van der Waals surface area contributed by atoms with Crippen molar-refractivity contribution >= 4 is 15.9 Å². The number of nitrogens with zero attached hydrogens (tertiary/aromatic N) is 3. The number of alkyl halides is 3. The number of amides is 1. The van der Waals surface area contributed by atoms with E-state index >= 15 is 18.0 Å². The summed E-state index contributed by atoms with van der Waals surface area (Å²) in [4.78, 5) is 16.9. The van der Waals surface area contributed by atoms with Gasteiger partial charge in [-0.3, -0.25) is 4.79 Å². The van der Waals surface area contributed by atoms with Crippen LogP contribution in [0.5, 0.6) is 0 Å². The summed E-state index contributed by atoms with van der Waals surface area (Å²) in [5, 5.41) is 2.02. The Balaban J connectivity index is 1.18. The Bertz CT molecular complexity index is 1600. The van der Waals surface area contributed by atoms with Gasteiger partial charge in [0.25, 0.3) is 0 Å². The van der Waals surface area contributed by atoms with Gasteiger partial charge in [0.2, 0.25) is 15.9 Å². The molecule has 6 bridgehead atoms. The maximum Gasteiger partial charge on any atom is 0.408 e. The van der Waals surface area contributed by atoms with Crippen molar-refractivity contribution in [1.29, 1.82) is 0 Å². The third-order valence-electron chi connectivity index (χ3n) is 16.7. The Hall–Kier alpha value is -1.69. The van der Waals surface area contributed by atoms with Crippen molar-refractivity contribution in [2.75, 3.05) is 32.7 Å². The summed E-state index contributed by atoms with van der Waals surface area (Å²) in [6.45, 7) is 4.71. The molecular formula is C45H69F3N4O3S. The number of carbonyl (C=O) groups excluding carboxylic acids is 1. The van der Waals surface area contributed by atoms with Crippen LogP contribution in [-0.2, 0) is 20.6 Å². The molecule has 9 unspecified atom stereocenters. The van der Waals surface area contributed by atoms with Gasteiger partial charge in [-0.15, -0.1) is 0 Å². The number of nitrogens with one attached hydrogen (secondary N) is 1. The summed E-state index contributed by atoms with van der Waals surface area (Å²) >= 11 is 0. The molecule has 7 nitrogen and oxygen atoms in total. The van der Waals surface area contributed by atoms with Gasteiger partial charge in [-0.2, -0.15) is 13.2 Å². The van der Waals surface area contributed by atoms with Crippen LogP contribution in [0.3, 0.4) is 0 Å². The number of piperidine rings is 3. The van der Waals surface area contributed by atoms with E-state index < -0.39 is 39.6 Å². The smallest absolute Gasteiger partial charge is 0.342 e. The standard InChI is InChI=1S/C45H69F3N4O3S/c1-33-20-26-50(27-21-33)42(53)41-40-30-39(37-22-28-51(29-23-37)56(54,55)31-34-12-4-2-5-13-34)43-24-9-3-6-14-36(17-11-25-43)35-15-7-8-18-38(19-10-16-35)44(41,45(46,47)48)49-52(40)32-43/h2,4-5,12-13,33,35-41,49H,3,6-11,14-32H2,1H3. The zero-order valence-electron chi connectivity index (χ0n) is 34.0. The number of benzene rings is 1. The molecule has 0 radical (unpaired) electrons. The number of halogens is 3. The van der Waals surface area contributed by atoms with E-state index in [1.54, 1.807) is 4.31 Å². The fraction of sp³-hybridized carbons (Fsp3) is 0.844. The van der Waals surface area contributed by atoms with Gasteiger partial charge in [0.1, 0.15) is 5.54 Å². The highest BCUT2D eigenvalue weighted by Gasteiger charge is 2.73. The van der Waals surface area contributed by atoms with Gasteiger partial charge in [0.05, 0.1) is 11.7 Å². The molecule has 5 heterocycles. The molecule has 1 spiro atoms. The summed E-state index contributed by atoms with van der Waals surface area (Å²) in [5.41, 5.74) is 1.68. The lowest BCUT2D eigenvalue weighted by molar-refractivity contribution is -0.229. The lowest BCUT2D eigenvalue weighted by Gasteiger charge is -2.55. The first-order valence-electron chi connectivity index (χ1n) is 22.8. The molecule has 7 aliphatic rings. The third-order valence-corrected chi connectivity index (χ3v) is 18.5. The van der Waals surface area contributed by atoms with Crippen molar-refractivity contribution in [3.63, 3.8) is 0 Å². The number of likely N-dealkylation sites (tertiary alicyclic amines) is 1. The van der Waals surface area contributed by atoms with Crippen LogP contribution in [0.1, 0.15) is 141 Å². The predicted molar refractivity (Wildman–Crippen MR) is 215 cm³/mol. The van der Waals surface area contributed by atoms with E-state index in [4.69, 9.17) is 0 Å². The monoisotopic (exact) mass is 803 g/mol. The summed E-state index contributed by atoms with van der Waals surface area (Å²) in [7, 11) is -3.51. The predicted octanol–water partition coefficient (Wildman–Crippen LogP) is 9.34. The lowest BCUT2D eigenvalue weighted by atomic mass is 9.56. The molecule has 314 valence electrons. The Morgan fingerprint density at radius 3 is 2.11 bits per heavy atom. The number of carbonyl (C=O) groups is 1. The van der Waals surface area contributed by atoms with Gasteiger partial charge in [-0.25, -0.2) is 23.2 Å². The molecule has 8 rings (SSSR count). The number of hydrogen-bond donors (Lipinski definition) is 1. The second-order valence-corrected chi connectivity index (χ2v) is 21.7. The minimum atomic E-state index is -4.59. The molecule has 2 saturated carbocycles.